The number of aliphatic hydroxyl groups is 1. The molecule has 7 atom stereocenters. The van der Waals surface area contributed by atoms with Gasteiger partial charge in [0.25, 0.3) is 0 Å². The molecule has 1 aromatic rings. The predicted octanol–water partition coefficient (Wildman–Crippen LogP) is 1.89. The van der Waals surface area contributed by atoms with E-state index in [1.54, 1.807) is 6.92 Å². The van der Waals surface area contributed by atoms with Crippen LogP contribution in [0.2, 0.25) is 0 Å². The lowest BCUT2D eigenvalue weighted by atomic mass is 9.62. The van der Waals surface area contributed by atoms with Gasteiger partial charge in [-0.25, -0.2) is 0 Å². The Bertz CT molecular complexity index is 952. The van der Waals surface area contributed by atoms with Gasteiger partial charge in [0.1, 0.15) is 17.6 Å². The summed E-state index contributed by atoms with van der Waals surface area (Å²) in [4.78, 5) is 42.4. The highest BCUT2D eigenvalue weighted by molar-refractivity contribution is 5.98. The lowest BCUT2D eigenvalue weighted by molar-refractivity contribution is -0.162. The second-order valence-corrected chi connectivity index (χ2v) is 10.4. The molecule has 8 heteroatoms. The third-order valence-electron chi connectivity index (χ3n) is 8.16. The average molecular weight is 473 g/mol. The first-order valence-corrected chi connectivity index (χ1v) is 12.2. The molecule has 3 fully saturated rings. The van der Waals surface area contributed by atoms with Crippen molar-refractivity contribution in [3.05, 3.63) is 35.9 Å². The van der Waals surface area contributed by atoms with Crippen molar-refractivity contribution in [2.45, 2.75) is 70.9 Å². The molecule has 186 valence electrons. The summed E-state index contributed by atoms with van der Waals surface area (Å²) < 4.78 is 12.0. The molecule has 2 bridgehead atoms. The van der Waals surface area contributed by atoms with Gasteiger partial charge in [0.15, 0.2) is 0 Å². The Morgan fingerprint density at radius 2 is 1.97 bits per heavy atom. The van der Waals surface area contributed by atoms with Gasteiger partial charge in [-0.1, -0.05) is 51.1 Å². The third-order valence-corrected chi connectivity index (χ3v) is 8.16. The van der Waals surface area contributed by atoms with Crippen LogP contribution in [0.1, 0.15) is 46.6 Å². The molecule has 34 heavy (non-hydrogen) atoms. The van der Waals surface area contributed by atoms with Crippen LogP contribution in [0.3, 0.4) is 0 Å². The summed E-state index contributed by atoms with van der Waals surface area (Å²) in [5, 5.41) is 13.2. The predicted molar refractivity (Wildman–Crippen MR) is 124 cm³/mol. The van der Waals surface area contributed by atoms with Crippen LogP contribution in [0.15, 0.2) is 30.3 Å². The maximum absolute atomic E-state index is 14.0. The fourth-order valence-corrected chi connectivity index (χ4v) is 6.43. The largest absolute Gasteiger partial charge is 0.466 e. The van der Waals surface area contributed by atoms with E-state index < -0.39 is 41.1 Å². The molecular formula is C26H36N2O6. The Morgan fingerprint density at radius 3 is 2.56 bits per heavy atom. The van der Waals surface area contributed by atoms with E-state index in [9.17, 15) is 19.5 Å². The number of benzene rings is 1. The van der Waals surface area contributed by atoms with Crippen molar-refractivity contribution < 1.29 is 29.0 Å². The molecule has 3 heterocycles. The Balaban J connectivity index is 1.76. The van der Waals surface area contributed by atoms with Crippen LogP contribution in [-0.2, 0) is 30.4 Å². The van der Waals surface area contributed by atoms with Crippen molar-refractivity contribution >= 4 is 17.8 Å². The van der Waals surface area contributed by atoms with Gasteiger partial charge in [-0.2, -0.15) is 0 Å². The van der Waals surface area contributed by atoms with Crippen molar-refractivity contribution in [3.63, 3.8) is 0 Å². The molecular weight excluding hydrogens is 436 g/mol. The number of nitrogens with one attached hydrogen (secondary N) is 1. The van der Waals surface area contributed by atoms with Crippen LogP contribution in [0, 0.1) is 23.7 Å². The summed E-state index contributed by atoms with van der Waals surface area (Å²) in [5.74, 6) is -2.90. The van der Waals surface area contributed by atoms with Crippen LogP contribution in [0.5, 0.6) is 0 Å². The van der Waals surface area contributed by atoms with Gasteiger partial charge in [0.05, 0.1) is 30.8 Å². The Morgan fingerprint density at radius 1 is 1.29 bits per heavy atom. The number of hydrogen-bond donors (Lipinski definition) is 2. The normalized spacial score (nSPS) is 34.9. The van der Waals surface area contributed by atoms with E-state index in [2.05, 4.69) is 5.32 Å². The van der Waals surface area contributed by atoms with E-state index >= 15 is 0 Å². The molecule has 3 aliphatic heterocycles. The number of aliphatic hydroxyl groups excluding tert-OH is 1. The number of carbonyl (C=O) groups excluding carboxylic acids is 3. The molecule has 1 spiro atoms. The highest BCUT2D eigenvalue weighted by atomic mass is 16.6. The molecule has 3 aliphatic rings. The zero-order valence-corrected chi connectivity index (χ0v) is 20.6. The van der Waals surface area contributed by atoms with Crippen molar-refractivity contribution in [2.24, 2.45) is 23.7 Å². The van der Waals surface area contributed by atoms with Gasteiger partial charge >= 0.3 is 5.97 Å². The van der Waals surface area contributed by atoms with Gasteiger partial charge in [-0.15, -0.1) is 0 Å². The molecule has 0 radical (unpaired) electrons. The molecule has 3 unspecified atom stereocenters. The number of ether oxygens (including phenoxy) is 2. The maximum Gasteiger partial charge on any atom is 0.312 e. The molecule has 8 nitrogen and oxygen atoms in total. The van der Waals surface area contributed by atoms with E-state index in [-0.39, 0.29) is 36.9 Å². The first-order valence-electron chi connectivity index (χ1n) is 12.2. The van der Waals surface area contributed by atoms with Gasteiger partial charge in [0.2, 0.25) is 11.8 Å². The number of carbonyl (C=O) groups is 3. The molecule has 2 amide bonds. The summed E-state index contributed by atoms with van der Waals surface area (Å²) in [6, 6.07) is 8.02. The SMILES string of the molecule is CCOC(=O)[C@H]1[C@H]2C(=O)N([C@@H](CO)C(C)C)C(C(=O)NCc3ccccc3)C23CC(C)[C@]1(C)O3. The maximum atomic E-state index is 14.0. The summed E-state index contributed by atoms with van der Waals surface area (Å²) in [7, 11) is 0. The fraction of sp³-hybridized carbons (Fsp3) is 0.654. The van der Waals surface area contributed by atoms with Crippen molar-refractivity contribution in [1.29, 1.82) is 0 Å². The van der Waals surface area contributed by atoms with Crippen molar-refractivity contribution in [1.82, 2.24) is 10.2 Å². The molecule has 2 N–H and O–H groups in total. The number of amides is 2. The topological polar surface area (TPSA) is 105 Å². The minimum atomic E-state index is -1.15. The standard InChI is InChI=1S/C26H36N2O6/c1-6-33-24(32)20-19-23(31)28(18(14-29)15(2)3)21(26(19)12-16(4)25(20,5)34-26)22(30)27-13-17-10-8-7-9-11-17/h7-11,15-16,18-21,29H,6,12-14H2,1-5H3,(H,27,30)/t16?,18-,19-,20+,21?,25-,26?/m0/s1. The fourth-order valence-electron chi connectivity index (χ4n) is 6.43. The number of nitrogens with zero attached hydrogens (tertiary/aromatic N) is 1. The Kier molecular flexibility index (Phi) is 6.50. The number of likely N-dealkylation sites (tertiary alicyclic amines) is 1. The smallest absolute Gasteiger partial charge is 0.312 e. The highest BCUT2D eigenvalue weighted by Gasteiger charge is 2.80. The lowest BCUT2D eigenvalue weighted by Gasteiger charge is -2.38. The minimum Gasteiger partial charge on any atom is -0.466 e. The minimum absolute atomic E-state index is 0.0537. The van der Waals surface area contributed by atoms with E-state index in [1.165, 1.54) is 4.90 Å². The Labute approximate surface area is 201 Å². The zero-order chi connectivity index (χ0) is 24.8. The summed E-state index contributed by atoms with van der Waals surface area (Å²) >= 11 is 0. The van der Waals surface area contributed by atoms with E-state index in [4.69, 9.17) is 9.47 Å². The summed E-state index contributed by atoms with van der Waals surface area (Å²) in [6.45, 7) is 9.61. The van der Waals surface area contributed by atoms with Crippen molar-refractivity contribution in [3.8, 4) is 0 Å². The molecule has 0 aliphatic carbocycles. The second-order valence-electron chi connectivity index (χ2n) is 10.4. The van der Waals surface area contributed by atoms with Crippen LogP contribution in [0.25, 0.3) is 0 Å². The first kappa shape index (κ1) is 24.7. The Hall–Kier alpha value is -2.45. The third kappa shape index (κ3) is 3.53. The van der Waals surface area contributed by atoms with Crippen molar-refractivity contribution in [2.75, 3.05) is 13.2 Å². The summed E-state index contributed by atoms with van der Waals surface area (Å²) in [5.41, 5.74) is -1.11. The molecule has 3 saturated heterocycles. The van der Waals surface area contributed by atoms with Crippen LogP contribution in [0.4, 0.5) is 0 Å². The van der Waals surface area contributed by atoms with Gasteiger partial charge in [-0.3, -0.25) is 14.4 Å². The van der Waals surface area contributed by atoms with Crippen LogP contribution >= 0.6 is 0 Å². The van der Waals surface area contributed by atoms with Crippen LogP contribution < -0.4 is 5.32 Å². The first-order chi connectivity index (χ1) is 16.1. The summed E-state index contributed by atoms with van der Waals surface area (Å²) in [6.07, 6.45) is 0.478. The second kappa shape index (κ2) is 8.96. The molecule has 0 saturated carbocycles. The monoisotopic (exact) mass is 472 g/mol. The molecule has 0 aromatic heterocycles. The quantitative estimate of drug-likeness (QED) is 0.560. The lowest BCUT2D eigenvalue weighted by Crippen LogP contribution is -2.59. The van der Waals surface area contributed by atoms with E-state index in [0.717, 1.165) is 5.56 Å². The van der Waals surface area contributed by atoms with Crippen LogP contribution in [-0.4, -0.2) is 64.3 Å². The highest BCUT2D eigenvalue weighted by Crippen LogP contribution is 2.65. The van der Waals surface area contributed by atoms with Gasteiger partial charge in [-0.05, 0) is 37.7 Å². The van der Waals surface area contributed by atoms with Gasteiger partial charge in [0, 0.05) is 6.54 Å². The molecule has 4 rings (SSSR count). The van der Waals surface area contributed by atoms with E-state index in [0.29, 0.717) is 13.0 Å². The number of hydrogen-bond acceptors (Lipinski definition) is 6. The van der Waals surface area contributed by atoms with E-state index in [1.807, 2.05) is 58.0 Å². The number of rotatable bonds is 8. The molecule has 1 aromatic carbocycles. The van der Waals surface area contributed by atoms with Gasteiger partial charge < -0.3 is 24.8 Å². The zero-order valence-electron chi connectivity index (χ0n) is 20.6. The average Bonchev–Trinajstić information content (AvgIpc) is 3.31. The number of fused-ring (bicyclic) bond motifs is 1. The number of esters is 1.